The van der Waals surface area contributed by atoms with Crippen LogP contribution in [-0.2, 0) is 6.54 Å². The summed E-state index contributed by atoms with van der Waals surface area (Å²) in [5.41, 5.74) is 5.32. The number of benzene rings is 1. The first-order valence-corrected chi connectivity index (χ1v) is 8.81. The summed E-state index contributed by atoms with van der Waals surface area (Å²) in [6, 6.07) is 8.46. The van der Waals surface area contributed by atoms with Gasteiger partial charge in [-0.15, -0.1) is 11.8 Å². The first kappa shape index (κ1) is 16.5. The third-order valence-corrected chi connectivity index (χ3v) is 5.18. The SMILES string of the molecule is CCCn1ncc(Br)c1C(CSc1ccccc1C)NN. The molecule has 0 amide bonds. The van der Waals surface area contributed by atoms with Crippen LogP contribution in [0.25, 0.3) is 0 Å². The van der Waals surface area contributed by atoms with Crippen LogP contribution >= 0.6 is 27.7 Å². The first-order valence-electron chi connectivity index (χ1n) is 7.03. The Morgan fingerprint density at radius 3 is 2.86 bits per heavy atom. The van der Waals surface area contributed by atoms with Gasteiger partial charge >= 0.3 is 0 Å². The van der Waals surface area contributed by atoms with E-state index in [-0.39, 0.29) is 6.04 Å². The number of nitrogens with one attached hydrogen (secondary N) is 1. The molecule has 1 unspecified atom stereocenters. The lowest BCUT2D eigenvalue weighted by Crippen LogP contribution is -2.32. The molecule has 6 heteroatoms. The van der Waals surface area contributed by atoms with Crippen LogP contribution in [0, 0.1) is 6.92 Å². The topological polar surface area (TPSA) is 55.9 Å². The van der Waals surface area contributed by atoms with Crippen LogP contribution in [0.1, 0.15) is 30.6 Å². The van der Waals surface area contributed by atoms with Crippen LogP contribution in [0.3, 0.4) is 0 Å². The number of nitrogens with two attached hydrogens (primary N) is 1. The number of aromatic nitrogens is 2. The fraction of sp³-hybridized carbons (Fsp3) is 0.400. The normalized spacial score (nSPS) is 12.6. The zero-order valence-corrected chi connectivity index (χ0v) is 14.7. The Labute approximate surface area is 138 Å². The standard InChI is InChI=1S/C15H21BrN4S/c1-3-8-20-15(12(16)9-18-20)13(19-17)10-21-14-7-5-4-6-11(14)2/h4-7,9,13,19H,3,8,10,17H2,1-2H3. The Morgan fingerprint density at radius 1 is 1.43 bits per heavy atom. The van der Waals surface area contributed by atoms with E-state index in [1.165, 1.54) is 10.5 Å². The third kappa shape index (κ3) is 4.10. The maximum Gasteiger partial charge on any atom is 0.0734 e. The fourth-order valence-corrected chi connectivity index (χ4v) is 3.85. The molecule has 0 aliphatic heterocycles. The highest BCUT2D eigenvalue weighted by Gasteiger charge is 2.19. The molecule has 0 fully saturated rings. The van der Waals surface area contributed by atoms with E-state index < -0.39 is 0 Å². The number of hydrogen-bond acceptors (Lipinski definition) is 4. The molecule has 21 heavy (non-hydrogen) atoms. The van der Waals surface area contributed by atoms with Crippen LogP contribution in [0.4, 0.5) is 0 Å². The minimum absolute atomic E-state index is 0.0537. The zero-order valence-electron chi connectivity index (χ0n) is 12.3. The predicted molar refractivity (Wildman–Crippen MR) is 92.2 cm³/mol. The maximum atomic E-state index is 5.77. The first-order chi connectivity index (χ1) is 10.2. The molecule has 0 bridgehead atoms. The summed E-state index contributed by atoms with van der Waals surface area (Å²) >= 11 is 5.39. The van der Waals surface area contributed by atoms with Gasteiger partial charge < -0.3 is 0 Å². The summed E-state index contributed by atoms with van der Waals surface area (Å²) in [5.74, 6) is 6.63. The second kappa shape index (κ2) is 7.98. The summed E-state index contributed by atoms with van der Waals surface area (Å²) in [6.45, 7) is 5.17. The van der Waals surface area contributed by atoms with E-state index in [9.17, 15) is 0 Å². The summed E-state index contributed by atoms with van der Waals surface area (Å²) in [4.78, 5) is 1.29. The van der Waals surface area contributed by atoms with Crippen molar-refractivity contribution >= 4 is 27.7 Å². The average molecular weight is 369 g/mol. The second-order valence-corrected chi connectivity index (χ2v) is 6.81. The second-order valence-electron chi connectivity index (χ2n) is 4.90. The predicted octanol–water partition coefficient (Wildman–Crippen LogP) is 3.66. The van der Waals surface area contributed by atoms with E-state index >= 15 is 0 Å². The van der Waals surface area contributed by atoms with Crippen molar-refractivity contribution < 1.29 is 0 Å². The number of nitrogens with zero attached hydrogens (tertiary/aromatic N) is 2. The van der Waals surface area contributed by atoms with E-state index in [2.05, 4.69) is 64.6 Å². The molecule has 0 aliphatic carbocycles. The number of aryl methyl sites for hydroxylation is 2. The van der Waals surface area contributed by atoms with E-state index in [4.69, 9.17) is 5.84 Å². The Hall–Kier alpha value is -0.820. The quantitative estimate of drug-likeness (QED) is 0.444. The van der Waals surface area contributed by atoms with Crippen molar-refractivity contribution in [1.82, 2.24) is 15.2 Å². The molecule has 0 radical (unpaired) electrons. The van der Waals surface area contributed by atoms with Crippen molar-refractivity contribution in [2.24, 2.45) is 5.84 Å². The minimum atomic E-state index is 0.0537. The van der Waals surface area contributed by atoms with Gasteiger partial charge in [-0.2, -0.15) is 5.10 Å². The maximum absolute atomic E-state index is 5.77. The molecule has 0 saturated carbocycles. The summed E-state index contributed by atoms with van der Waals surface area (Å²) in [6.07, 6.45) is 2.89. The number of halogens is 1. The van der Waals surface area contributed by atoms with Crippen LogP contribution in [0.15, 0.2) is 39.8 Å². The van der Waals surface area contributed by atoms with Gasteiger partial charge in [0.15, 0.2) is 0 Å². The molecule has 0 saturated heterocycles. The fourth-order valence-electron chi connectivity index (χ4n) is 2.21. The van der Waals surface area contributed by atoms with Crippen LogP contribution in [-0.4, -0.2) is 15.5 Å². The van der Waals surface area contributed by atoms with Gasteiger partial charge in [0.25, 0.3) is 0 Å². The van der Waals surface area contributed by atoms with Crippen molar-refractivity contribution in [2.45, 2.75) is 37.8 Å². The van der Waals surface area contributed by atoms with E-state index in [1.54, 1.807) is 0 Å². The molecular formula is C15H21BrN4S. The van der Waals surface area contributed by atoms with Crippen molar-refractivity contribution in [3.8, 4) is 0 Å². The zero-order chi connectivity index (χ0) is 15.2. The molecule has 0 spiro atoms. The molecule has 3 N–H and O–H groups in total. The minimum Gasteiger partial charge on any atom is -0.271 e. The molecule has 114 valence electrons. The van der Waals surface area contributed by atoms with Crippen LogP contribution in [0.5, 0.6) is 0 Å². The van der Waals surface area contributed by atoms with E-state index in [0.717, 1.165) is 28.9 Å². The van der Waals surface area contributed by atoms with Gasteiger partial charge in [0, 0.05) is 17.2 Å². The largest absolute Gasteiger partial charge is 0.271 e. The monoisotopic (exact) mass is 368 g/mol. The van der Waals surface area contributed by atoms with Crippen LogP contribution in [0.2, 0.25) is 0 Å². The Kier molecular flexibility index (Phi) is 6.29. The van der Waals surface area contributed by atoms with Crippen molar-refractivity contribution in [3.05, 3.63) is 46.2 Å². The van der Waals surface area contributed by atoms with Crippen molar-refractivity contribution in [2.75, 3.05) is 5.75 Å². The van der Waals surface area contributed by atoms with Gasteiger partial charge in [-0.3, -0.25) is 16.0 Å². The van der Waals surface area contributed by atoms with Crippen LogP contribution < -0.4 is 11.3 Å². The van der Waals surface area contributed by atoms with Gasteiger partial charge in [0.05, 0.1) is 22.4 Å². The lowest BCUT2D eigenvalue weighted by molar-refractivity contribution is 0.507. The average Bonchev–Trinajstić information content (AvgIpc) is 2.84. The van der Waals surface area contributed by atoms with E-state index in [0.29, 0.717) is 0 Å². The number of thioether (sulfide) groups is 1. The Balaban J connectivity index is 2.13. The molecule has 1 aromatic carbocycles. The van der Waals surface area contributed by atoms with Gasteiger partial charge in [0.2, 0.25) is 0 Å². The molecular weight excluding hydrogens is 348 g/mol. The number of hydrogen-bond donors (Lipinski definition) is 2. The van der Waals surface area contributed by atoms with Crippen molar-refractivity contribution in [1.29, 1.82) is 0 Å². The highest BCUT2D eigenvalue weighted by molar-refractivity contribution is 9.10. The number of hydrazine groups is 1. The molecule has 0 aliphatic rings. The highest BCUT2D eigenvalue weighted by Crippen LogP contribution is 2.30. The molecule has 1 atom stereocenters. The molecule has 1 aromatic heterocycles. The van der Waals surface area contributed by atoms with Gasteiger partial charge in [-0.1, -0.05) is 25.1 Å². The van der Waals surface area contributed by atoms with Crippen molar-refractivity contribution in [3.63, 3.8) is 0 Å². The lowest BCUT2D eigenvalue weighted by Gasteiger charge is -2.18. The van der Waals surface area contributed by atoms with Gasteiger partial charge in [0.1, 0.15) is 0 Å². The third-order valence-electron chi connectivity index (χ3n) is 3.30. The van der Waals surface area contributed by atoms with Gasteiger partial charge in [-0.05, 0) is 40.9 Å². The van der Waals surface area contributed by atoms with Gasteiger partial charge in [-0.25, -0.2) is 0 Å². The summed E-state index contributed by atoms with van der Waals surface area (Å²) < 4.78 is 3.02. The molecule has 2 aromatic rings. The lowest BCUT2D eigenvalue weighted by atomic mass is 10.2. The summed E-state index contributed by atoms with van der Waals surface area (Å²) in [7, 11) is 0. The Morgan fingerprint density at radius 2 is 2.19 bits per heavy atom. The van der Waals surface area contributed by atoms with E-state index in [1.807, 2.05) is 22.6 Å². The number of rotatable bonds is 7. The summed E-state index contributed by atoms with van der Waals surface area (Å²) in [5, 5.41) is 4.41. The molecule has 4 nitrogen and oxygen atoms in total. The molecule has 2 rings (SSSR count). The highest BCUT2D eigenvalue weighted by atomic mass is 79.9. The molecule has 1 heterocycles. The smallest absolute Gasteiger partial charge is 0.0734 e. The Bertz CT molecular complexity index is 585.